The highest BCUT2D eigenvalue weighted by Crippen LogP contribution is 2.32. The van der Waals surface area contributed by atoms with Crippen molar-refractivity contribution in [2.75, 3.05) is 42.9 Å². The number of para-hydroxylation sites is 1. The van der Waals surface area contributed by atoms with Crippen LogP contribution in [-0.2, 0) is 4.79 Å². The summed E-state index contributed by atoms with van der Waals surface area (Å²) in [5.41, 5.74) is 4.43. The third-order valence-electron chi connectivity index (χ3n) is 5.71. The standard InChI is InChI=1S/C24H32FN3O/c1-17(2)21-6-5-7-22(18(3)4)24(21)26-23(29)16-27-12-14-28(15-13-27)20-10-8-19(25)9-11-20/h5-11,17-18H,12-16H2,1-4H3,(H,26,29)/p+1. The molecule has 1 heterocycles. The Morgan fingerprint density at radius 3 is 2.07 bits per heavy atom. The van der Waals surface area contributed by atoms with Gasteiger partial charge in [-0.3, -0.25) is 4.79 Å². The van der Waals surface area contributed by atoms with Gasteiger partial charge in [-0.1, -0.05) is 45.9 Å². The van der Waals surface area contributed by atoms with E-state index in [1.165, 1.54) is 28.2 Å². The van der Waals surface area contributed by atoms with E-state index in [-0.39, 0.29) is 11.7 Å². The molecule has 0 atom stereocenters. The third-order valence-corrected chi connectivity index (χ3v) is 5.71. The van der Waals surface area contributed by atoms with Crippen LogP contribution in [0.15, 0.2) is 42.5 Å². The first-order valence-electron chi connectivity index (χ1n) is 10.6. The fourth-order valence-corrected chi connectivity index (χ4v) is 4.02. The minimum atomic E-state index is -0.211. The maximum Gasteiger partial charge on any atom is 0.279 e. The lowest BCUT2D eigenvalue weighted by Crippen LogP contribution is -3.15. The molecule has 3 rings (SSSR count). The van der Waals surface area contributed by atoms with Crippen molar-refractivity contribution in [3.05, 3.63) is 59.4 Å². The number of piperazine rings is 1. The highest BCUT2D eigenvalue weighted by atomic mass is 19.1. The van der Waals surface area contributed by atoms with Crippen molar-refractivity contribution in [1.82, 2.24) is 0 Å². The van der Waals surface area contributed by atoms with E-state index in [2.05, 4.69) is 56.1 Å². The normalized spacial score (nSPS) is 15.2. The number of carbonyl (C=O) groups excluding carboxylic acids is 1. The number of hydrogen-bond donors (Lipinski definition) is 2. The monoisotopic (exact) mass is 398 g/mol. The topological polar surface area (TPSA) is 36.8 Å². The summed E-state index contributed by atoms with van der Waals surface area (Å²) in [5.74, 6) is 0.577. The van der Waals surface area contributed by atoms with Gasteiger partial charge in [0.05, 0.1) is 26.2 Å². The number of halogens is 1. The maximum absolute atomic E-state index is 13.1. The summed E-state index contributed by atoms with van der Waals surface area (Å²) in [7, 11) is 0. The molecule has 0 bridgehead atoms. The van der Waals surface area contributed by atoms with Crippen LogP contribution in [0.3, 0.4) is 0 Å². The molecule has 1 aliphatic rings. The summed E-state index contributed by atoms with van der Waals surface area (Å²) < 4.78 is 13.1. The molecule has 4 nitrogen and oxygen atoms in total. The number of benzene rings is 2. The largest absolute Gasteiger partial charge is 0.360 e. The van der Waals surface area contributed by atoms with Gasteiger partial charge in [0, 0.05) is 11.4 Å². The second-order valence-electron chi connectivity index (χ2n) is 8.56. The molecule has 0 spiro atoms. The number of rotatable bonds is 6. The smallest absolute Gasteiger partial charge is 0.279 e. The van der Waals surface area contributed by atoms with E-state index in [0.717, 1.165) is 37.6 Å². The predicted molar refractivity (Wildman–Crippen MR) is 117 cm³/mol. The van der Waals surface area contributed by atoms with Crippen molar-refractivity contribution in [1.29, 1.82) is 0 Å². The quantitative estimate of drug-likeness (QED) is 0.782. The van der Waals surface area contributed by atoms with Crippen LogP contribution in [0.4, 0.5) is 15.8 Å². The van der Waals surface area contributed by atoms with Gasteiger partial charge in [-0.05, 0) is 47.2 Å². The van der Waals surface area contributed by atoms with Crippen molar-refractivity contribution in [2.24, 2.45) is 0 Å². The van der Waals surface area contributed by atoms with E-state index in [1.807, 2.05) is 12.1 Å². The second-order valence-corrected chi connectivity index (χ2v) is 8.56. The molecule has 1 saturated heterocycles. The summed E-state index contributed by atoms with van der Waals surface area (Å²) in [5, 5.41) is 3.22. The average Bonchev–Trinajstić information content (AvgIpc) is 2.69. The molecule has 0 radical (unpaired) electrons. The molecule has 29 heavy (non-hydrogen) atoms. The lowest BCUT2D eigenvalue weighted by atomic mass is 9.92. The Morgan fingerprint density at radius 2 is 1.55 bits per heavy atom. The molecule has 1 amide bonds. The average molecular weight is 399 g/mol. The Kier molecular flexibility index (Phi) is 6.91. The van der Waals surface area contributed by atoms with Crippen molar-refractivity contribution in [3.63, 3.8) is 0 Å². The summed E-state index contributed by atoms with van der Waals surface area (Å²) in [6, 6.07) is 13.0. The first-order chi connectivity index (χ1) is 13.8. The van der Waals surface area contributed by atoms with Crippen LogP contribution in [0.2, 0.25) is 0 Å². The minimum absolute atomic E-state index is 0.0743. The lowest BCUT2D eigenvalue weighted by molar-refractivity contribution is -0.892. The van der Waals surface area contributed by atoms with E-state index in [9.17, 15) is 9.18 Å². The van der Waals surface area contributed by atoms with Gasteiger partial charge in [0.1, 0.15) is 5.82 Å². The molecule has 0 unspecified atom stereocenters. The Bertz CT molecular complexity index is 798. The van der Waals surface area contributed by atoms with Crippen LogP contribution in [-0.4, -0.2) is 38.6 Å². The fraction of sp³-hybridized carbons (Fsp3) is 0.458. The Labute approximate surface area is 173 Å². The van der Waals surface area contributed by atoms with Gasteiger partial charge in [0.25, 0.3) is 5.91 Å². The summed E-state index contributed by atoms with van der Waals surface area (Å²) in [6.45, 7) is 12.7. The Hall–Kier alpha value is -2.40. The molecule has 0 aliphatic carbocycles. The number of anilines is 2. The Morgan fingerprint density at radius 1 is 1.00 bits per heavy atom. The molecule has 0 aromatic heterocycles. The zero-order valence-corrected chi connectivity index (χ0v) is 18.0. The molecule has 1 fully saturated rings. The number of carbonyl (C=O) groups is 1. The van der Waals surface area contributed by atoms with Crippen LogP contribution in [0.25, 0.3) is 0 Å². The van der Waals surface area contributed by atoms with E-state index in [0.29, 0.717) is 18.4 Å². The maximum atomic E-state index is 13.1. The summed E-state index contributed by atoms with van der Waals surface area (Å²) in [6.07, 6.45) is 0. The van der Waals surface area contributed by atoms with E-state index in [4.69, 9.17) is 0 Å². The molecule has 1 aliphatic heterocycles. The molecule has 2 aromatic rings. The first kappa shape index (κ1) is 21.3. The zero-order chi connectivity index (χ0) is 21.0. The van der Waals surface area contributed by atoms with Gasteiger partial charge >= 0.3 is 0 Å². The minimum Gasteiger partial charge on any atom is -0.360 e. The fourth-order valence-electron chi connectivity index (χ4n) is 4.02. The summed E-state index contributed by atoms with van der Waals surface area (Å²) >= 11 is 0. The molecule has 2 aromatic carbocycles. The van der Waals surface area contributed by atoms with Crippen molar-refractivity contribution in [3.8, 4) is 0 Å². The van der Waals surface area contributed by atoms with Crippen LogP contribution < -0.4 is 15.1 Å². The Balaban J connectivity index is 1.60. The molecule has 2 N–H and O–H groups in total. The van der Waals surface area contributed by atoms with Crippen LogP contribution >= 0.6 is 0 Å². The van der Waals surface area contributed by atoms with Crippen LogP contribution in [0.1, 0.15) is 50.7 Å². The number of nitrogens with zero attached hydrogens (tertiary/aromatic N) is 1. The number of hydrogen-bond acceptors (Lipinski definition) is 2. The highest BCUT2D eigenvalue weighted by molar-refractivity contribution is 5.93. The van der Waals surface area contributed by atoms with Gasteiger partial charge in [-0.2, -0.15) is 0 Å². The first-order valence-corrected chi connectivity index (χ1v) is 10.6. The van der Waals surface area contributed by atoms with Crippen molar-refractivity contribution < 1.29 is 14.1 Å². The van der Waals surface area contributed by atoms with E-state index in [1.54, 1.807) is 0 Å². The second kappa shape index (κ2) is 9.40. The van der Waals surface area contributed by atoms with E-state index < -0.39 is 0 Å². The van der Waals surface area contributed by atoms with Crippen molar-refractivity contribution in [2.45, 2.75) is 39.5 Å². The number of amides is 1. The van der Waals surface area contributed by atoms with Crippen LogP contribution in [0.5, 0.6) is 0 Å². The molecule has 156 valence electrons. The van der Waals surface area contributed by atoms with Crippen LogP contribution in [0, 0.1) is 5.82 Å². The third kappa shape index (κ3) is 5.36. The van der Waals surface area contributed by atoms with E-state index >= 15 is 0 Å². The van der Waals surface area contributed by atoms with Gasteiger partial charge in [0.2, 0.25) is 0 Å². The zero-order valence-electron chi connectivity index (χ0n) is 18.0. The van der Waals surface area contributed by atoms with Gasteiger partial charge < -0.3 is 15.1 Å². The predicted octanol–water partition coefficient (Wildman–Crippen LogP) is 3.42. The van der Waals surface area contributed by atoms with Gasteiger partial charge in [-0.25, -0.2) is 4.39 Å². The molecular formula is C24H33FN3O+. The SMILES string of the molecule is CC(C)c1cccc(C(C)C)c1NC(=O)C[NH+]1CCN(c2ccc(F)cc2)CC1. The number of nitrogens with one attached hydrogen (secondary N) is 2. The number of quaternary nitrogens is 1. The lowest BCUT2D eigenvalue weighted by Gasteiger charge is -2.33. The summed E-state index contributed by atoms with van der Waals surface area (Å²) in [4.78, 5) is 16.4. The molecule has 5 heteroatoms. The van der Waals surface area contributed by atoms with Gasteiger partial charge in [-0.15, -0.1) is 0 Å². The molecular weight excluding hydrogens is 365 g/mol. The van der Waals surface area contributed by atoms with Crippen molar-refractivity contribution >= 4 is 17.3 Å². The molecule has 0 saturated carbocycles. The van der Waals surface area contributed by atoms with Gasteiger partial charge in [0.15, 0.2) is 6.54 Å². The highest BCUT2D eigenvalue weighted by Gasteiger charge is 2.24.